The molecule has 6 rings (SSSR count). The van der Waals surface area contributed by atoms with Crippen molar-refractivity contribution in [2.75, 3.05) is 5.32 Å². The number of aromatic nitrogens is 5. The van der Waals surface area contributed by atoms with Crippen LogP contribution in [0.25, 0.3) is 32.3 Å². The third-order valence-electron chi connectivity index (χ3n) is 5.94. The van der Waals surface area contributed by atoms with Gasteiger partial charge in [-0.3, -0.25) is 0 Å². The maximum absolute atomic E-state index is 4.49. The molecular formula is C25H22N6S. The predicted octanol–water partition coefficient (Wildman–Crippen LogP) is 5.98. The topological polar surface area (TPSA) is 68.5 Å². The van der Waals surface area contributed by atoms with Gasteiger partial charge in [0, 0.05) is 11.6 Å². The highest BCUT2D eigenvalue weighted by Gasteiger charge is 2.29. The first-order valence-electron chi connectivity index (χ1n) is 10.6. The van der Waals surface area contributed by atoms with Gasteiger partial charge in [0.15, 0.2) is 11.0 Å². The van der Waals surface area contributed by atoms with Gasteiger partial charge < -0.3 is 5.32 Å². The molecule has 32 heavy (non-hydrogen) atoms. The number of nitrogens with zero attached hydrogens (tertiary/aromatic N) is 5. The monoisotopic (exact) mass is 438 g/mol. The second-order valence-corrected chi connectivity index (χ2v) is 9.94. The zero-order valence-corrected chi connectivity index (χ0v) is 18.9. The molecule has 1 unspecified atom stereocenters. The molecule has 0 spiro atoms. The molecule has 7 heteroatoms. The third-order valence-corrected chi connectivity index (χ3v) is 6.64. The van der Waals surface area contributed by atoms with E-state index in [0.717, 1.165) is 16.5 Å². The van der Waals surface area contributed by atoms with Crippen molar-refractivity contribution in [1.29, 1.82) is 0 Å². The van der Waals surface area contributed by atoms with Crippen LogP contribution in [0.5, 0.6) is 0 Å². The lowest BCUT2D eigenvalue weighted by atomic mass is 9.88. The quantitative estimate of drug-likeness (QED) is 0.343. The average molecular weight is 439 g/mol. The number of benzene rings is 4. The first-order chi connectivity index (χ1) is 15.5. The van der Waals surface area contributed by atoms with Crippen molar-refractivity contribution in [2.24, 2.45) is 0 Å². The van der Waals surface area contributed by atoms with E-state index in [4.69, 9.17) is 0 Å². The van der Waals surface area contributed by atoms with Crippen molar-refractivity contribution in [2.45, 2.75) is 32.4 Å². The van der Waals surface area contributed by atoms with Crippen LogP contribution < -0.4 is 5.32 Å². The Kier molecular flexibility index (Phi) is 4.16. The Labute approximate surface area is 189 Å². The van der Waals surface area contributed by atoms with Crippen molar-refractivity contribution >= 4 is 48.8 Å². The van der Waals surface area contributed by atoms with E-state index in [0.29, 0.717) is 0 Å². The van der Waals surface area contributed by atoms with Crippen LogP contribution in [0.15, 0.2) is 66.2 Å². The number of thiazole rings is 1. The Morgan fingerprint density at radius 1 is 0.938 bits per heavy atom. The third kappa shape index (κ3) is 2.92. The SMILES string of the molecule is CC(C)(C)n1nnnc1C(Nc1nccs1)c1cc2cccc3ccc4cccc1c4c32. The fraction of sp³-hybridized carbons (Fsp3) is 0.200. The van der Waals surface area contributed by atoms with Crippen LogP contribution >= 0.6 is 11.3 Å². The highest BCUT2D eigenvalue weighted by Crippen LogP contribution is 2.40. The molecule has 0 aliphatic carbocycles. The summed E-state index contributed by atoms with van der Waals surface area (Å²) in [5.74, 6) is 0.766. The molecule has 0 amide bonds. The summed E-state index contributed by atoms with van der Waals surface area (Å²) in [4.78, 5) is 4.49. The largest absolute Gasteiger partial charge is 0.347 e. The molecule has 0 radical (unpaired) electrons. The molecule has 2 aromatic heterocycles. The summed E-state index contributed by atoms with van der Waals surface area (Å²) in [7, 11) is 0. The average Bonchev–Trinajstić information content (AvgIpc) is 3.47. The second kappa shape index (κ2) is 6.97. The van der Waals surface area contributed by atoms with Crippen molar-refractivity contribution in [3.05, 3.63) is 77.6 Å². The van der Waals surface area contributed by atoms with Gasteiger partial charge in [-0.2, -0.15) is 0 Å². The molecular weight excluding hydrogens is 416 g/mol. The van der Waals surface area contributed by atoms with Gasteiger partial charge in [-0.25, -0.2) is 9.67 Å². The number of rotatable bonds is 4. The zero-order valence-electron chi connectivity index (χ0n) is 18.1. The maximum atomic E-state index is 4.49. The van der Waals surface area contributed by atoms with Gasteiger partial charge in [0.25, 0.3) is 0 Å². The van der Waals surface area contributed by atoms with Gasteiger partial charge in [0.2, 0.25) is 0 Å². The molecule has 1 atom stereocenters. The minimum Gasteiger partial charge on any atom is -0.347 e. The molecule has 0 fully saturated rings. The van der Waals surface area contributed by atoms with E-state index in [-0.39, 0.29) is 11.6 Å². The Bertz CT molecular complexity index is 1540. The minimum atomic E-state index is -0.263. The molecule has 0 saturated heterocycles. The number of anilines is 1. The minimum absolute atomic E-state index is 0.260. The number of hydrogen-bond donors (Lipinski definition) is 1. The van der Waals surface area contributed by atoms with Gasteiger partial charge in [0.05, 0.1) is 5.54 Å². The van der Waals surface area contributed by atoms with E-state index >= 15 is 0 Å². The summed E-state index contributed by atoms with van der Waals surface area (Å²) < 4.78 is 1.90. The summed E-state index contributed by atoms with van der Waals surface area (Å²) in [6.45, 7) is 6.33. The van der Waals surface area contributed by atoms with Crippen LogP contribution in [-0.4, -0.2) is 25.2 Å². The van der Waals surface area contributed by atoms with Crippen molar-refractivity contribution in [1.82, 2.24) is 25.2 Å². The van der Waals surface area contributed by atoms with E-state index < -0.39 is 0 Å². The fourth-order valence-electron chi connectivity index (χ4n) is 4.58. The fourth-order valence-corrected chi connectivity index (χ4v) is 5.14. The summed E-state index contributed by atoms with van der Waals surface area (Å²) in [6.07, 6.45) is 1.81. The van der Waals surface area contributed by atoms with E-state index in [1.54, 1.807) is 11.3 Å². The molecule has 0 bridgehead atoms. The van der Waals surface area contributed by atoms with Crippen molar-refractivity contribution < 1.29 is 0 Å². The summed E-state index contributed by atoms with van der Waals surface area (Å²) in [5, 5.41) is 26.8. The first-order valence-corrected chi connectivity index (χ1v) is 11.5. The smallest absolute Gasteiger partial charge is 0.183 e. The van der Waals surface area contributed by atoms with Crippen LogP contribution in [-0.2, 0) is 5.54 Å². The molecule has 6 nitrogen and oxygen atoms in total. The lowest BCUT2D eigenvalue weighted by Gasteiger charge is -2.26. The Morgan fingerprint density at radius 3 is 2.44 bits per heavy atom. The van der Waals surface area contributed by atoms with E-state index in [2.05, 4.69) is 101 Å². The van der Waals surface area contributed by atoms with Gasteiger partial charge >= 0.3 is 0 Å². The molecule has 1 N–H and O–H groups in total. The molecule has 4 aromatic carbocycles. The van der Waals surface area contributed by atoms with E-state index in [1.165, 1.54) is 32.3 Å². The number of tetrazole rings is 1. The van der Waals surface area contributed by atoms with Crippen LogP contribution in [0.2, 0.25) is 0 Å². The zero-order chi connectivity index (χ0) is 21.9. The summed E-state index contributed by atoms with van der Waals surface area (Å²) in [5.41, 5.74) is 0.873. The van der Waals surface area contributed by atoms with Crippen molar-refractivity contribution in [3.63, 3.8) is 0 Å². The van der Waals surface area contributed by atoms with Gasteiger partial charge in [-0.1, -0.05) is 48.5 Å². The van der Waals surface area contributed by atoms with Crippen LogP contribution in [0, 0.1) is 0 Å². The Morgan fingerprint density at radius 2 is 1.69 bits per heavy atom. The maximum Gasteiger partial charge on any atom is 0.183 e. The van der Waals surface area contributed by atoms with Crippen LogP contribution in [0.4, 0.5) is 5.13 Å². The second-order valence-electron chi connectivity index (χ2n) is 9.05. The molecule has 6 aromatic rings. The molecule has 2 heterocycles. The Hall–Kier alpha value is -3.58. The van der Waals surface area contributed by atoms with E-state index in [1.807, 2.05) is 16.3 Å². The Balaban J connectivity index is 1.69. The summed E-state index contributed by atoms with van der Waals surface area (Å²) >= 11 is 1.57. The van der Waals surface area contributed by atoms with Crippen LogP contribution in [0.1, 0.15) is 38.2 Å². The van der Waals surface area contributed by atoms with Crippen LogP contribution in [0.3, 0.4) is 0 Å². The molecule has 0 aliphatic heterocycles. The predicted molar refractivity (Wildman–Crippen MR) is 131 cm³/mol. The van der Waals surface area contributed by atoms with E-state index in [9.17, 15) is 0 Å². The number of nitrogens with one attached hydrogen (secondary N) is 1. The highest BCUT2D eigenvalue weighted by atomic mass is 32.1. The standard InChI is InChI=1S/C25H22N6S/c1-25(2,3)31-23(28-29-30-31)22(27-24-26-12-13-32-24)19-14-17-8-4-6-15-10-11-16-7-5-9-18(19)21(16)20(15)17/h4-14,22H,1-3H3,(H,26,27). The van der Waals surface area contributed by atoms with Gasteiger partial charge in [0.1, 0.15) is 6.04 Å². The summed E-state index contributed by atoms with van der Waals surface area (Å²) in [6, 6.07) is 19.4. The molecule has 158 valence electrons. The lowest BCUT2D eigenvalue weighted by Crippen LogP contribution is -2.29. The van der Waals surface area contributed by atoms with Gasteiger partial charge in [-0.15, -0.1) is 16.4 Å². The van der Waals surface area contributed by atoms with Gasteiger partial charge in [-0.05, 0) is 75.1 Å². The first kappa shape index (κ1) is 19.1. The highest BCUT2D eigenvalue weighted by molar-refractivity contribution is 7.13. The lowest BCUT2D eigenvalue weighted by molar-refractivity contribution is 0.333. The number of hydrogen-bond acceptors (Lipinski definition) is 6. The molecule has 0 saturated carbocycles. The normalized spacial score (nSPS) is 13.3. The van der Waals surface area contributed by atoms with Crippen molar-refractivity contribution in [3.8, 4) is 0 Å². The molecule has 0 aliphatic rings.